The first-order chi connectivity index (χ1) is 9.11. The molecule has 100 valence electrons. The van der Waals surface area contributed by atoms with Crippen LogP contribution in [-0.4, -0.2) is 6.54 Å². The average molecular weight is 387 g/mol. The van der Waals surface area contributed by atoms with Gasteiger partial charge in [0.1, 0.15) is 5.82 Å². The molecule has 2 aromatic rings. The third-order valence-corrected chi connectivity index (χ3v) is 3.97. The summed E-state index contributed by atoms with van der Waals surface area (Å²) in [7, 11) is 0. The quantitative estimate of drug-likeness (QED) is 0.775. The summed E-state index contributed by atoms with van der Waals surface area (Å²) in [4.78, 5) is 0. The number of benzene rings is 2. The first-order valence-corrected chi connectivity index (χ1v) is 7.64. The molecule has 0 spiro atoms. The van der Waals surface area contributed by atoms with Crippen molar-refractivity contribution >= 4 is 31.9 Å². The zero-order valence-corrected chi connectivity index (χ0v) is 13.6. The lowest BCUT2D eigenvalue weighted by molar-refractivity contribution is 0.608. The zero-order valence-electron chi connectivity index (χ0n) is 10.5. The molecule has 0 fully saturated rings. The van der Waals surface area contributed by atoms with Crippen molar-refractivity contribution in [3.63, 3.8) is 0 Å². The van der Waals surface area contributed by atoms with Gasteiger partial charge in [-0.05, 0) is 57.9 Å². The monoisotopic (exact) mass is 385 g/mol. The van der Waals surface area contributed by atoms with Gasteiger partial charge in [0.15, 0.2) is 0 Å². The van der Waals surface area contributed by atoms with E-state index in [2.05, 4.69) is 56.2 Å². The van der Waals surface area contributed by atoms with Crippen molar-refractivity contribution < 1.29 is 4.39 Å². The van der Waals surface area contributed by atoms with E-state index in [0.717, 1.165) is 22.1 Å². The molecule has 19 heavy (non-hydrogen) atoms. The van der Waals surface area contributed by atoms with Crippen molar-refractivity contribution in [1.29, 1.82) is 0 Å². The summed E-state index contributed by atoms with van der Waals surface area (Å²) in [5.41, 5.74) is 2.18. The number of rotatable bonds is 4. The van der Waals surface area contributed by atoms with Crippen LogP contribution in [-0.2, 0) is 0 Å². The summed E-state index contributed by atoms with van der Waals surface area (Å²) >= 11 is 6.72. The molecule has 0 aliphatic heterocycles. The Morgan fingerprint density at radius 1 is 1.11 bits per heavy atom. The highest BCUT2D eigenvalue weighted by atomic mass is 79.9. The van der Waals surface area contributed by atoms with E-state index in [1.165, 1.54) is 6.07 Å². The molecule has 0 aliphatic carbocycles. The average Bonchev–Trinajstić information content (AvgIpc) is 2.39. The maximum Gasteiger partial charge on any atom is 0.137 e. The number of halogens is 3. The zero-order chi connectivity index (χ0) is 13.8. The largest absolute Gasteiger partial charge is 0.307 e. The second kappa shape index (κ2) is 6.64. The topological polar surface area (TPSA) is 12.0 Å². The molecule has 1 N–H and O–H groups in total. The molecule has 0 aliphatic rings. The summed E-state index contributed by atoms with van der Waals surface area (Å²) in [5.74, 6) is -0.242. The molecule has 0 saturated heterocycles. The Kier molecular flexibility index (Phi) is 5.13. The molecule has 0 saturated carbocycles. The summed E-state index contributed by atoms with van der Waals surface area (Å²) in [6, 6.07) is 13.3. The van der Waals surface area contributed by atoms with Crippen LogP contribution in [0.15, 0.2) is 51.4 Å². The maximum atomic E-state index is 13.3. The van der Waals surface area contributed by atoms with Crippen LogP contribution in [0.3, 0.4) is 0 Å². The van der Waals surface area contributed by atoms with E-state index >= 15 is 0 Å². The Balaban J connectivity index is 2.42. The lowest BCUT2D eigenvalue weighted by Crippen LogP contribution is -2.22. The van der Waals surface area contributed by atoms with Crippen LogP contribution in [0.4, 0.5) is 4.39 Å². The highest BCUT2D eigenvalue weighted by Crippen LogP contribution is 2.27. The molecule has 0 heterocycles. The molecule has 0 radical (unpaired) electrons. The second-order valence-electron chi connectivity index (χ2n) is 4.22. The lowest BCUT2D eigenvalue weighted by Gasteiger charge is -2.19. The molecular formula is C15H14Br2FN. The van der Waals surface area contributed by atoms with Crippen LogP contribution >= 0.6 is 31.9 Å². The Hall–Kier alpha value is -0.710. The van der Waals surface area contributed by atoms with Crippen LogP contribution in [0.5, 0.6) is 0 Å². The summed E-state index contributed by atoms with van der Waals surface area (Å²) in [6.07, 6.45) is 0. The Labute approximate surface area is 129 Å². The van der Waals surface area contributed by atoms with Gasteiger partial charge >= 0.3 is 0 Å². The molecule has 1 atom stereocenters. The number of hydrogen-bond donors (Lipinski definition) is 1. The van der Waals surface area contributed by atoms with E-state index in [-0.39, 0.29) is 11.9 Å². The van der Waals surface area contributed by atoms with E-state index in [4.69, 9.17) is 0 Å². The number of nitrogens with one attached hydrogen (secondary N) is 1. The molecule has 2 aromatic carbocycles. The van der Waals surface area contributed by atoms with Crippen molar-refractivity contribution in [2.75, 3.05) is 6.54 Å². The van der Waals surface area contributed by atoms with Crippen molar-refractivity contribution in [3.8, 4) is 0 Å². The molecule has 1 nitrogen and oxygen atoms in total. The first-order valence-electron chi connectivity index (χ1n) is 6.05. The predicted molar refractivity (Wildman–Crippen MR) is 83.8 cm³/mol. The van der Waals surface area contributed by atoms with Crippen LogP contribution in [0.2, 0.25) is 0 Å². The van der Waals surface area contributed by atoms with Gasteiger partial charge < -0.3 is 5.32 Å². The summed E-state index contributed by atoms with van der Waals surface area (Å²) in [5, 5.41) is 3.42. The molecule has 4 heteroatoms. The third kappa shape index (κ3) is 3.65. The maximum absolute atomic E-state index is 13.3. The van der Waals surface area contributed by atoms with Crippen molar-refractivity contribution in [2.24, 2.45) is 0 Å². The SMILES string of the molecule is CCNC(c1cccc(Br)c1)c1ccc(F)c(Br)c1. The standard InChI is InChI=1S/C15H14Br2FN/c1-2-19-15(10-4-3-5-12(16)8-10)11-6-7-14(18)13(17)9-11/h3-9,15,19H,2H2,1H3. The van der Waals surface area contributed by atoms with E-state index < -0.39 is 0 Å². The highest BCUT2D eigenvalue weighted by Gasteiger charge is 2.14. The van der Waals surface area contributed by atoms with Crippen LogP contribution in [0, 0.1) is 5.82 Å². The fraction of sp³-hybridized carbons (Fsp3) is 0.200. The fourth-order valence-electron chi connectivity index (χ4n) is 2.01. The van der Waals surface area contributed by atoms with Crippen molar-refractivity contribution in [2.45, 2.75) is 13.0 Å². The van der Waals surface area contributed by atoms with Gasteiger partial charge in [-0.25, -0.2) is 4.39 Å². The lowest BCUT2D eigenvalue weighted by atomic mass is 9.99. The third-order valence-electron chi connectivity index (χ3n) is 2.87. The summed E-state index contributed by atoms with van der Waals surface area (Å²) < 4.78 is 14.9. The van der Waals surface area contributed by atoms with Gasteiger partial charge in [-0.3, -0.25) is 0 Å². The van der Waals surface area contributed by atoms with Crippen LogP contribution in [0.25, 0.3) is 0 Å². The van der Waals surface area contributed by atoms with E-state index in [0.29, 0.717) is 4.47 Å². The van der Waals surface area contributed by atoms with E-state index in [9.17, 15) is 4.39 Å². The minimum absolute atomic E-state index is 0.0550. The smallest absolute Gasteiger partial charge is 0.137 e. The molecule has 0 amide bonds. The van der Waals surface area contributed by atoms with Gasteiger partial charge in [-0.15, -0.1) is 0 Å². The second-order valence-corrected chi connectivity index (χ2v) is 5.99. The van der Waals surface area contributed by atoms with Crippen LogP contribution in [0.1, 0.15) is 24.1 Å². The van der Waals surface area contributed by atoms with Crippen molar-refractivity contribution in [3.05, 3.63) is 68.4 Å². The molecule has 1 unspecified atom stereocenters. The Morgan fingerprint density at radius 3 is 2.47 bits per heavy atom. The Morgan fingerprint density at radius 2 is 1.84 bits per heavy atom. The van der Waals surface area contributed by atoms with Gasteiger partial charge in [0, 0.05) is 4.47 Å². The van der Waals surface area contributed by atoms with Gasteiger partial charge in [0.05, 0.1) is 10.5 Å². The van der Waals surface area contributed by atoms with Gasteiger partial charge in [0.2, 0.25) is 0 Å². The number of hydrogen-bond acceptors (Lipinski definition) is 1. The molecule has 2 rings (SSSR count). The molecule has 0 aromatic heterocycles. The predicted octanol–water partition coefficient (Wildman–Crippen LogP) is 5.05. The summed E-state index contributed by atoms with van der Waals surface area (Å²) in [6.45, 7) is 2.90. The highest BCUT2D eigenvalue weighted by molar-refractivity contribution is 9.10. The Bertz CT molecular complexity index is 572. The minimum Gasteiger partial charge on any atom is -0.307 e. The minimum atomic E-state index is -0.242. The van der Waals surface area contributed by atoms with Gasteiger partial charge in [0.25, 0.3) is 0 Å². The first kappa shape index (κ1) is 14.7. The van der Waals surface area contributed by atoms with Crippen LogP contribution < -0.4 is 5.32 Å². The van der Waals surface area contributed by atoms with Gasteiger partial charge in [-0.1, -0.05) is 41.1 Å². The normalized spacial score (nSPS) is 12.4. The van der Waals surface area contributed by atoms with Gasteiger partial charge in [-0.2, -0.15) is 0 Å². The fourth-order valence-corrected chi connectivity index (χ4v) is 2.82. The van der Waals surface area contributed by atoms with Crippen molar-refractivity contribution in [1.82, 2.24) is 5.32 Å². The van der Waals surface area contributed by atoms with E-state index in [1.807, 2.05) is 24.3 Å². The molecule has 0 bridgehead atoms. The molecular weight excluding hydrogens is 373 g/mol. The van der Waals surface area contributed by atoms with E-state index in [1.54, 1.807) is 0 Å².